The van der Waals surface area contributed by atoms with Crippen molar-refractivity contribution in [2.24, 2.45) is 4.99 Å². The molecular formula is C15H13F2N5O3S. The van der Waals surface area contributed by atoms with Crippen LogP contribution in [-0.4, -0.2) is 37.8 Å². The molecule has 0 aliphatic carbocycles. The van der Waals surface area contributed by atoms with Gasteiger partial charge in [-0.2, -0.15) is 10.1 Å². The molecule has 0 fully saturated rings. The second kappa shape index (κ2) is 7.52. The van der Waals surface area contributed by atoms with Crippen LogP contribution in [0.4, 0.5) is 8.78 Å². The van der Waals surface area contributed by atoms with Gasteiger partial charge in [-0.05, 0) is 13.0 Å². The summed E-state index contributed by atoms with van der Waals surface area (Å²) in [6.45, 7) is 1.25. The Morgan fingerprint density at radius 1 is 1.31 bits per heavy atom. The fraction of sp³-hybridized carbons (Fsp3) is 0.267. The Morgan fingerprint density at radius 2 is 2.12 bits per heavy atom. The Hall–Kier alpha value is -2.95. The monoisotopic (exact) mass is 381 g/mol. The quantitative estimate of drug-likeness (QED) is 0.621. The van der Waals surface area contributed by atoms with Crippen LogP contribution >= 0.6 is 11.3 Å². The highest BCUT2D eigenvalue weighted by Crippen LogP contribution is 2.22. The molecule has 0 bridgehead atoms. The zero-order valence-electron chi connectivity index (χ0n) is 13.6. The molecule has 26 heavy (non-hydrogen) atoms. The molecule has 8 nitrogen and oxygen atoms in total. The lowest BCUT2D eigenvalue weighted by Crippen LogP contribution is -2.24. The van der Waals surface area contributed by atoms with Gasteiger partial charge in [-0.25, -0.2) is 18.4 Å². The zero-order valence-corrected chi connectivity index (χ0v) is 14.4. The van der Waals surface area contributed by atoms with Crippen LogP contribution in [-0.2, 0) is 27.4 Å². The second-order valence-corrected chi connectivity index (χ2v) is 6.12. The Balaban J connectivity index is 2.07. The SMILES string of the molecule is CCOC(=O)Cn1c(=NC(=O)Cn2cncn2)sc2cc(F)cc(F)c21. The molecule has 2 aromatic heterocycles. The third-order valence-electron chi connectivity index (χ3n) is 3.27. The van der Waals surface area contributed by atoms with E-state index in [-0.39, 0.29) is 34.7 Å². The van der Waals surface area contributed by atoms with Crippen LogP contribution in [0.1, 0.15) is 6.92 Å². The maximum Gasteiger partial charge on any atom is 0.326 e. The molecule has 2 heterocycles. The average molecular weight is 381 g/mol. The summed E-state index contributed by atoms with van der Waals surface area (Å²) in [4.78, 5) is 31.7. The van der Waals surface area contributed by atoms with E-state index in [0.717, 1.165) is 17.4 Å². The third-order valence-corrected chi connectivity index (χ3v) is 4.30. The first-order chi connectivity index (χ1) is 12.5. The lowest BCUT2D eigenvalue weighted by molar-refractivity contribution is -0.143. The van der Waals surface area contributed by atoms with Gasteiger partial charge in [0.05, 0.1) is 16.8 Å². The highest BCUT2D eigenvalue weighted by molar-refractivity contribution is 7.16. The van der Waals surface area contributed by atoms with Crippen LogP contribution in [0.3, 0.4) is 0 Å². The second-order valence-electron chi connectivity index (χ2n) is 5.11. The summed E-state index contributed by atoms with van der Waals surface area (Å²) in [7, 11) is 0. The van der Waals surface area contributed by atoms with Gasteiger partial charge < -0.3 is 9.30 Å². The van der Waals surface area contributed by atoms with Gasteiger partial charge in [0.1, 0.15) is 31.6 Å². The number of aromatic nitrogens is 4. The van der Waals surface area contributed by atoms with E-state index < -0.39 is 23.5 Å². The zero-order chi connectivity index (χ0) is 18.7. The minimum atomic E-state index is -0.856. The van der Waals surface area contributed by atoms with Crippen LogP contribution in [0.25, 0.3) is 10.2 Å². The number of carbonyl (C=O) groups is 2. The molecule has 136 valence electrons. The van der Waals surface area contributed by atoms with E-state index in [9.17, 15) is 18.4 Å². The number of carbonyl (C=O) groups excluding carboxylic acids is 2. The van der Waals surface area contributed by atoms with Gasteiger partial charge in [0.2, 0.25) is 0 Å². The van der Waals surface area contributed by atoms with E-state index >= 15 is 0 Å². The summed E-state index contributed by atoms with van der Waals surface area (Å²) >= 11 is 0.896. The first kappa shape index (κ1) is 17.9. The number of rotatable bonds is 5. The largest absolute Gasteiger partial charge is 0.465 e. The van der Waals surface area contributed by atoms with Crippen molar-refractivity contribution in [1.29, 1.82) is 0 Å². The van der Waals surface area contributed by atoms with Crippen molar-refractivity contribution < 1.29 is 23.1 Å². The summed E-state index contributed by atoms with van der Waals surface area (Å²) in [6.07, 6.45) is 2.62. The summed E-state index contributed by atoms with van der Waals surface area (Å²) < 4.78 is 35.3. The molecule has 0 spiro atoms. The van der Waals surface area contributed by atoms with Gasteiger partial charge in [0.15, 0.2) is 10.6 Å². The lowest BCUT2D eigenvalue weighted by atomic mass is 10.3. The van der Waals surface area contributed by atoms with Crippen molar-refractivity contribution in [3.05, 3.63) is 41.2 Å². The number of fused-ring (bicyclic) bond motifs is 1. The van der Waals surface area contributed by atoms with Crippen LogP contribution in [0.15, 0.2) is 29.8 Å². The molecule has 0 aliphatic heterocycles. The van der Waals surface area contributed by atoms with Crippen molar-refractivity contribution in [3.63, 3.8) is 0 Å². The van der Waals surface area contributed by atoms with Crippen LogP contribution < -0.4 is 4.80 Å². The minimum Gasteiger partial charge on any atom is -0.465 e. The van der Waals surface area contributed by atoms with Crippen molar-refractivity contribution in [3.8, 4) is 0 Å². The summed E-state index contributed by atoms with van der Waals surface area (Å²) in [5, 5.41) is 3.80. The van der Waals surface area contributed by atoms with Crippen molar-refractivity contribution >= 4 is 33.4 Å². The van der Waals surface area contributed by atoms with Crippen molar-refractivity contribution in [1.82, 2.24) is 19.3 Å². The molecule has 0 radical (unpaired) electrons. The Morgan fingerprint density at radius 3 is 2.81 bits per heavy atom. The van der Waals surface area contributed by atoms with Gasteiger partial charge in [0.25, 0.3) is 5.91 Å². The maximum atomic E-state index is 14.2. The standard InChI is InChI=1S/C15H13F2N5O3S/c1-2-25-13(24)6-22-14-10(17)3-9(16)4-11(14)26-15(22)20-12(23)5-21-8-18-7-19-21/h3-4,7-8H,2,5-6H2,1H3. The van der Waals surface area contributed by atoms with Gasteiger partial charge in [0, 0.05) is 6.07 Å². The minimum absolute atomic E-state index is 0.0169. The van der Waals surface area contributed by atoms with Gasteiger partial charge in [-0.15, -0.1) is 0 Å². The molecular weight excluding hydrogens is 368 g/mol. The van der Waals surface area contributed by atoms with Crippen molar-refractivity contribution in [2.75, 3.05) is 6.61 Å². The van der Waals surface area contributed by atoms with E-state index in [1.807, 2.05) is 0 Å². The molecule has 1 aromatic carbocycles. The van der Waals surface area contributed by atoms with Crippen LogP contribution in [0.2, 0.25) is 0 Å². The van der Waals surface area contributed by atoms with Gasteiger partial charge in [-0.1, -0.05) is 11.3 Å². The molecule has 0 N–H and O–H groups in total. The Kier molecular flexibility index (Phi) is 5.16. The molecule has 11 heteroatoms. The number of ether oxygens (including phenoxy) is 1. The molecule has 0 aliphatic rings. The molecule has 0 saturated heterocycles. The lowest BCUT2D eigenvalue weighted by Gasteiger charge is -2.05. The summed E-state index contributed by atoms with van der Waals surface area (Å²) in [5.41, 5.74) is -0.0169. The first-order valence-electron chi connectivity index (χ1n) is 7.52. The summed E-state index contributed by atoms with van der Waals surface area (Å²) in [5.74, 6) is -2.83. The number of nitrogens with zero attached hydrogens (tertiary/aromatic N) is 5. The van der Waals surface area contributed by atoms with Crippen LogP contribution in [0, 0.1) is 11.6 Å². The van der Waals surface area contributed by atoms with E-state index in [2.05, 4.69) is 15.1 Å². The number of hydrogen-bond acceptors (Lipinski definition) is 6. The highest BCUT2D eigenvalue weighted by atomic mass is 32.1. The van der Waals surface area contributed by atoms with Crippen LogP contribution in [0.5, 0.6) is 0 Å². The summed E-state index contributed by atoms with van der Waals surface area (Å²) in [6, 6.07) is 1.82. The maximum absolute atomic E-state index is 14.2. The molecule has 0 unspecified atom stereocenters. The van der Waals surface area contributed by atoms with Gasteiger partial charge in [-0.3, -0.25) is 9.59 Å². The van der Waals surface area contributed by atoms with E-state index in [1.54, 1.807) is 6.92 Å². The highest BCUT2D eigenvalue weighted by Gasteiger charge is 2.17. The van der Waals surface area contributed by atoms with E-state index in [4.69, 9.17) is 4.74 Å². The van der Waals surface area contributed by atoms with E-state index in [1.165, 1.54) is 21.9 Å². The average Bonchev–Trinajstić information content (AvgIpc) is 3.16. The number of thiazole rings is 1. The van der Waals surface area contributed by atoms with E-state index in [0.29, 0.717) is 6.07 Å². The number of benzene rings is 1. The number of halogens is 2. The Bertz CT molecular complexity index is 1030. The molecule has 0 saturated carbocycles. The smallest absolute Gasteiger partial charge is 0.326 e. The fourth-order valence-corrected chi connectivity index (χ4v) is 3.38. The number of esters is 1. The molecule has 0 atom stereocenters. The molecule has 3 aromatic rings. The topological polar surface area (TPSA) is 91.4 Å². The first-order valence-corrected chi connectivity index (χ1v) is 8.33. The third kappa shape index (κ3) is 3.82. The Labute approximate surface area is 149 Å². The number of amides is 1. The number of hydrogen-bond donors (Lipinski definition) is 0. The predicted octanol–water partition coefficient (Wildman–Crippen LogP) is 1.26. The normalized spacial score (nSPS) is 11.9. The fourth-order valence-electron chi connectivity index (χ4n) is 2.29. The van der Waals surface area contributed by atoms with Gasteiger partial charge >= 0.3 is 5.97 Å². The molecule has 3 rings (SSSR count). The predicted molar refractivity (Wildman–Crippen MR) is 87.0 cm³/mol. The van der Waals surface area contributed by atoms with Crippen molar-refractivity contribution in [2.45, 2.75) is 20.0 Å². The molecule has 1 amide bonds.